The molecule has 0 aromatic carbocycles. The number of amides is 3. The first-order valence-electron chi connectivity index (χ1n) is 6.22. The van der Waals surface area contributed by atoms with Crippen LogP contribution in [0.3, 0.4) is 0 Å². The van der Waals surface area contributed by atoms with Crippen LogP contribution in [0.25, 0.3) is 0 Å². The van der Waals surface area contributed by atoms with Crippen molar-refractivity contribution in [2.24, 2.45) is 0 Å². The van der Waals surface area contributed by atoms with Crippen LogP contribution in [-0.4, -0.2) is 70.1 Å². The maximum atomic E-state index is 11.8. The van der Waals surface area contributed by atoms with Crippen LogP contribution in [0.5, 0.6) is 0 Å². The van der Waals surface area contributed by atoms with E-state index in [-0.39, 0.29) is 12.5 Å². The molecule has 0 aliphatic carbocycles. The average molecular weight is 287 g/mol. The number of nitrogens with zero attached hydrogens (tertiary/aromatic N) is 2. The molecule has 0 spiro atoms. The van der Waals surface area contributed by atoms with Crippen molar-refractivity contribution in [3.8, 4) is 0 Å². The van der Waals surface area contributed by atoms with Crippen molar-refractivity contribution in [2.75, 3.05) is 31.3 Å². The number of hydrogen-bond acceptors (Lipinski definition) is 4. The van der Waals surface area contributed by atoms with E-state index in [0.717, 1.165) is 25.9 Å². The molecule has 0 saturated carbocycles. The molecule has 2 fully saturated rings. The lowest BCUT2D eigenvalue weighted by atomic mass is 10.3. The summed E-state index contributed by atoms with van der Waals surface area (Å²) in [4.78, 5) is 37.5. The van der Waals surface area contributed by atoms with Gasteiger partial charge in [-0.25, -0.2) is 9.59 Å². The van der Waals surface area contributed by atoms with Crippen LogP contribution in [0.1, 0.15) is 12.8 Å². The lowest BCUT2D eigenvalue weighted by molar-refractivity contribution is -0.140. The molecule has 8 heteroatoms. The molecule has 106 valence electrons. The molecule has 0 aromatic rings. The van der Waals surface area contributed by atoms with Crippen molar-refractivity contribution >= 4 is 29.7 Å². The van der Waals surface area contributed by atoms with Gasteiger partial charge in [-0.3, -0.25) is 4.79 Å². The molecule has 0 aromatic heterocycles. The van der Waals surface area contributed by atoms with Crippen LogP contribution >= 0.6 is 11.8 Å². The van der Waals surface area contributed by atoms with Gasteiger partial charge in [-0.05, 0) is 12.8 Å². The summed E-state index contributed by atoms with van der Waals surface area (Å²) in [6.45, 7) is 1.42. The zero-order valence-electron chi connectivity index (χ0n) is 10.5. The van der Waals surface area contributed by atoms with Gasteiger partial charge in [0.2, 0.25) is 5.91 Å². The van der Waals surface area contributed by atoms with E-state index in [1.54, 1.807) is 4.90 Å². The molecule has 2 aliphatic rings. The largest absolute Gasteiger partial charge is 0.480 e. The van der Waals surface area contributed by atoms with Gasteiger partial charge in [0.15, 0.2) is 0 Å². The Morgan fingerprint density at radius 3 is 2.58 bits per heavy atom. The Balaban J connectivity index is 1.80. The lowest BCUT2D eigenvalue weighted by Gasteiger charge is -2.22. The van der Waals surface area contributed by atoms with E-state index < -0.39 is 18.0 Å². The minimum Gasteiger partial charge on any atom is -0.480 e. The normalized spacial score (nSPS) is 22.6. The van der Waals surface area contributed by atoms with E-state index in [1.165, 1.54) is 16.7 Å². The second-order valence-electron chi connectivity index (χ2n) is 4.57. The number of carboxylic acids is 1. The third kappa shape index (κ3) is 3.31. The Morgan fingerprint density at radius 2 is 1.95 bits per heavy atom. The molecular weight excluding hydrogens is 270 g/mol. The Bertz CT molecular complexity index is 384. The van der Waals surface area contributed by atoms with Crippen molar-refractivity contribution in [1.82, 2.24) is 15.1 Å². The Labute approximate surface area is 115 Å². The molecule has 2 aliphatic heterocycles. The number of urea groups is 1. The lowest BCUT2D eigenvalue weighted by Crippen LogP contribution is -2.49. The van der Waals surface area contributed by atoms with Crippen molar-refractivity contribution in [3.05, 3.63) is 0 Å². The van der Waals surface area contributed by atoms with Crippen LogP contribution in [0.2, 0.25) is 0 Å². The van der Waals surface area contributed by atoms with Gasteiger partial charge in [0.1, 0.15) is 6.04 Å². The van der Waals surface area contributed by atoms with Gasteiger partial charge in [0.05, 0.1) is 12.4 Å². The van der Waals surface area contributed by atoms with Crippen molar-refractivity contribution in [3.63, 3.8) is 0 Å². The SMILES string of the molecule is O=C(O)[C@@H]1CSCN1C(=O)NCC(=O)N1CCCC1. The van der Waals surface area contributed by atoms with Crippen molar-refractivity contribution in [1.29, 1.82) is 0 Å². The van der Waals surface area contributed by atoms with Gasteiger partial charge in [0.25, 0.3) is 0 Å². The van der Waals surface area contributed by atoms with E-state index in [1.807, 2.05) is 0 Å². The maximum Gasteiger partial charge on any atom is 0.327 e. The summed E-state index contributed by atoms with van der Waals surface area (Å²) in [6.07, 6.45) is 2.01. The van der Waals surface area contributed by atoms with Gasteiger partial charge in [-0.1, -0.05) is 0 Å². The summed E-state index contributed by atoms with van der Waals surface area (Å²) in [5.41, 5.74) is 0. The minimum absolute atomic E-state index is 0.0632. The second-order valence-corrected chi connectivity index (χ2v) is 5.57. The van der Waals surface area contributed by atoms with Crippen LogP contribution in [0, 0.1) is 0 Å². The molecule has 2 heterocycles. The van der Waals surface area contributed by atoms with Crippen LogP contribution in [-0.2, 0) is 9.59 Å². The zero-order chi connectivity index (χ0) is 13.8. The van der Waals surface area contributed by atoms with E-state index in [0.29, 0.717) is 11.6 Å². The summed E-state index contributed by atoms with van der Waals surface area (Å²) in [5, 5.41) is 11.5. The summed E-state index contributed by atoms with van der Waals surface area (Å²) >= 11 is 1.40. The molecular formula is C11H17N3O4S. The van der Waals surface area contributed by atoms with Gasteiger partial charge >= 0.3 is 12.0 Å². The first-order valence-corrected chi connectivity index (χ1v) is 7.38. The highest BCUT2D eigenvalue weighted by atomic mass is 32.2. The number of carbonyl (C=O) groups excluding carboxylic acids is 2. The highest BCUT2D eigenvalue weighted by molar-refractivity contribution is 7.99. The van der Waals surface area contributed by atoms with E-state index >= 15 is 0 Å². The second kappa shape index (κ2) is 6.14. The number of likely N-dealkylation sites (tertiary alicyclic amines) is 1. The number of hydrogen-bond donors (Lipinski definition) is 2. The van der Waals surface area contributed by atoms with Crippen LogP contribution in [0.4, 0.5) is 4.79 Å². The summed E-state index contributed by atoms with van der Waals surface area (Å²) in [6, 6.07) is -1.28. The quantitative estimate of drug-likeness (QED) is 0.749. The zero-order valence-corrected chi connectivity index (χ0v) is 11.3. The maximum absolute atomic E-state index is 11.8. The van der Waals surface area contributed by atoms with Gasteiger partial charge in [-0.15, -0.1) is 11.8 Å². The number of aliphatic carboxylic acids is 1. The molecule has 0 bridgehead atoms. The first-order chi connectivity index (χ1) is 9.09. The standard InChI is InChI=1S/C11H17N3O4S/c15-9(13-3-1-2-4-13)5-12-11(18)14-7-19-6-8(14)10(16)17/h8H,1-7H2,(H,12,18)(H,16,17)/t8-/m0/s1. The number of nitrogens with one attached hydrogen (secondary N) is 1. The predicted molar refractivity (Wildman–Crippen MR) is 69.8 cm³/mol. The molecule has 2 rings (SSSR count). The number of carboxylic acid groups (broad SMARTS) is 1. The molecule has 1 atom stereocenters. The van der Waals surface area contributed by atoms with E-state index in [9.17, 15) is 14.4 Å². The molecule has 3 amide bonds. The Kier molecular flexibility index (Phi) is 4.52. The van der Waals surface area contributed by atoms with Crippen molar-refractivity contribution in [2.45, 2.75) is 18.9 Å². The van der Waals surface area contributed by atoms with Crippen LogP contribution < -0.4 is 5.32 Å². The highest BCUT2D eigenvalue weighted by Gasteiger charge is 2.34. The summed E-state index contributed by atoms with van der Waals surface area (Å²) in [5.74, 6) is -0.376. The molecule has 19 heavy (non-hydrogen) atoms. The average Bonchev–Trinajstić information content (AvgIpc) is 3.04. The third-order valence-electron chi connectivity index (χ3n) is 3.28. The fourth-order valence-corrected chi connectivity index (χ4v) is 3.32. The Morgan fingerprint density at radius 1 is 1.26 bits per heavy atom. The van der Waals surface area contributed by atoms with Gasteiger partial charge < -0.3 is 20.2 Å². The highest BCUT2D eigenvalue weighted by Crippen LogP contribution is 2.20. The third-order valence-corrected chi connectivity index (χ3v) is 4.29. The molecule has 0 unspecified atom stereocenters. The molecule has 0 radical (unpaired) electrons. The van der Waals surface area contributed by atoms with E-state index in [4.69, 9.17) is 5.11 Å². The number of rotatable bonds is 3. The topological polar surface area (TPSA) is 90.0 Å². The fraction of sp³-hybridized carbons (Fsp3) is 0.727. The predicted octanol–water partition coefficient (Wildman–Crippen LogP) is -0.222. The summed E-state index contributed by atoms with van der Waals surface area (Å²) < 4.78 is 0. The van der Waals surface area contributed by atoms with Crippen LogP contribution in [0.15, 0.2) is 0 Å². The fourth-order valence-electron chi connectivity index (χ4n) is 2.18. The van der Waals surface area contributed by atoms with Gasteiger partial charge in [-0.2, -0.15) is 0 Å². The smallest absolute Gasteiger partial charge is 0.327 e. The molecule has 2 N–H and O–H groups in total. The Hall–Kier alpha value is -1.44. The molecule has 2 saturated heterocycles. The minimum atomic E-state index is -1.01. The van der Waals surface area contributed by atoms with Gasteiger partial charge in [0, 0.05) is 18.8 Å². The monoisotopic (exact) mass is 287 g/mol. The molecule has 7 nitrogen and oxygen atoms in total. The van der Waals surface area contributed by atoms with E-state index in [2.05, 4.69) is 5.32 Å². The van der Waals surface area contributed by atoms with Crippen molar-refractivity contribution < 1.29 is 19.5 Å². The first kappa shape index (κ1) is 14.0. The summed E-state index contributed by atoms with van der Waals surface area (Å²) in [7, 11) is 0. The number of thioether (sulfide) groups is 1. The number of carbonyl (C=O) groups is 3.